The fourth-order valence-corrected chi connectivity index (χ4v) is 2.35. The first kappa shape index (κ1) is 13.4. The Kier molecular flexibility index (Phi) is 4.61. The number of rotatable bonds is 3. The number of ether oxygens (including phenoxy) is 1. The minimum atomic E-state index is -0.0148. The van der Waals surface area contributed by atoms with Gasteiger partial charge in [0, 0.05) is 24.2 Å². The molecule has 1 heterocycles. The molecule has 1 amide bonds. The Bertz CT molecular complexity index is 416. The average Bonchev–Trinajstić information content (AvgIpc) is 2.39. The number of carbonyl (C=O) groups excluding carboxylic acids is 1. The van der Waals surface area contributed by atoms with E-state index in [1.54, 1.807) is 0 Å². The number of amides is 1. The van der Waals surface area contributed by atoms with Gasteiger partial charge in [-0.2, -0.15) is 0 Å². The van der Waals surface area contributed by atoms with E-state index >= 15 is 0 Å². The molecule has 4 heteroatoms. The van der Waals surface area contributed by atoms with Crippen molar-refractivity contribution in [1.29, 1.82) is 0 Å². The molecule has 3 nitrogen and oxygen atoms in total. The number of carbonyl (C=O) groups is 1. The molecule has 98 valence electrons. The Balaban J connectivity index is 1.94. The van der Waals surface area contributed by atoms with E-state index in [0.29, 0.717) is 18.2 Å². The highest BCUT2D eigenvalue weighted by atomic mass is 35.5. The van der Waals surface area contributed by atoms with Crippen LogP contribution < -0.4 is 5.32 Å². The second kappa shape index (κ2) is 6.21. The van der Waals surface area contributed by atoms with Gasteiger partial charge in [0.2, 0.25) is 5.91 Å². The van der Waals surface area contributed by atoms with Gasteiger partial charge in [0.05, 0.1) is 6.04 Å². The summed E-state index contributed by atoms with van der Waals surface area (Å²) in [7, 11) is 0. The summed E-state index contributed by atoms with van der Waals surface area (Å²) in [5.74, 6) is 0.200. The molecular weight excluding hydrogens is 250 g/mol. The van der Waals surface area contributed by atoms with E-state index in [4.69, 9.17) is 16.3 Å². The summed E-state index contributed by atoms with van der Waals surface area (Å²) in [5, 5.41) is 3.73. The lowest BCUT2D eigenvalue weighted by Crippen LogP contribution is -2.35. The van der Waals surface area contributed by atoms with Crippen molar-refractivity contribution in [1.82, 2.24) is 5.32 Å². The Labute approximate surface area is 112 Å². The second-order valence-electron chi connectivity index (χ2n) is 4.67. The SMILES string of the molecule is C[C@H](NC(=O)C1CCOCC1)c1cccc(Cl)c1. The third-order valence-electron chi connectivity index (χ3n) is 3.30. The molecule has 18 heavy (non-hydrogen) atoms. The Morgan fingerprint density at radius 3 is 2.83 bits per heavy atom. The predicted molar refractivity (Wildman–Crippen MR) is 71.6 cm³/mol. The quantitative estimate of drug-likeness (QED) is 0.914. The molecular formula is C14H18ClNO2. The second-order valence-corrected chi connectivity index (χ2v) is 5.11. The zero-order chi connectivity index (χ0) is 13.0. The maximum Gasteiger partial charge on any atom is 0.223 e. The molecule has 1 saturated heterocycles. The molecule has 0 unspecified atom stereocenters. The van der Waals surface area contributed by atoms with Crippen LogP contribution in [0.2, 0.25) is 5.02 Å². The van der Waals surface area contributed by atoms with Gasteiger partial charge in [0.25, 0.3) is 0 Å². The van der Waals surface area contributed by atoms with Crippen LogP contribution in [0.15, 0.2) is 24.3 Å². The molecule has 0 aromatic heterocycles. The lowest BCUT2D eigenvalue weighted by molar-refractivity contribution is -0.128. The summed E-state index contributed by atoms with van der Waals surface area (Å²) < 4.78 is 5.26. The molecule has 2 rings (SSSR count). The zero-order valence-corrected chi connectivity index (χ0v) is 11.2. The molecule has 0 spiro atoms. The van der Waals surface area contributed by atoms with Crippen LogP contribution in [0.3, 0.4) is 0 Å². The van der Waals surface area contributed by atoms with Gasteiger partial charge in [-0.15, -0.1) is 0 Å². The third kappa shape index (κ3) is 3.47. The van der Waals surface area contributed by atoms with Crippen molar-refractivity contribution in [2.45, 2.75) is 25.8 Å². The van der Waals surface area contributed by atoms with Crippen LogP contribution in [0.1, 0.15) is 31.4 Å². The summed E-state index contributed by atoms with van der Waals surface area (Å²) in [4.78, 5) is 12.1. The largest absolute Gasteiger partial charge is 0.381 e. The first-order chi connectivity index (χ1) is 8.66. The van der Waals surface area contributed by atoms with E-state index in [0.717, 1.165) is 18.4 Å². The van der Waals surface area contributed by atoms with Gasteiger partial charge in [-0.3, -0.25) is 4.79 Å². The van der Waals surface area contributed by atoms with Crippen LogP contribution in [0.4, 0.5) is 0 Å². The van der Waals surface area contributed by atoms with Crippen molar-refractivity contribution in [2.24, 2.45) is 5.92 Å². The number of hydrogen-bond donors (Lipinski definition) is 1. The van der Waals surface area contributed by atoms with E-state index in [1.807, 2.05) is 31.2 Å². The normalized spacial score (nSPS) is 18.3. The van der Waals surface area contributed by atoms with E-state index in [-0.39, 0.29) is 17.9 Å². The van der Waals surface area contributed by atoms with E-state index < -0.39 is 0 Å². The van der Waals surface area contributed by atoms with Crippen LogP contribution in [0.25, 0.3) is 0 Å². The number of benzene rings is 1. The van der Waals surface area contributed by atoms with Gasteiger partial charge >= 0.3 is 0 Å². The van der Waals surface area contributed by atoms with Crippen LogP contribution >= 0.6 is 11.6 Å². The smallest absolute Gasteiger partial charge is 0.223 e. The molecule has 1 fully saturated rings. The standard InChI is InChI=1S/C14H18ClNO2/c1-10(12-3-2-4-13(15)9-12)16-14(17)11-5-7-18-8-6-11/h2-4,9-11H,5-8H2,1H3,(H,16,17)/t10-/m0/s1. The summed E-state index contributed by atoms with van der Waals surface area (Å²) in [5.41, 5.74) is 1.03. The molecule has 1 aromatic rings. The maximum atomic E-state index is 12.1. The molecule has 1 aliphatic rings. The van der Waals surface area contributed by atoms with Gasteiger partial charge in [0.15, 0.2) is 0 Å². The number of hydrogen-bond acceptors (Lipinski definition) is 2. The number of halogens is 1. The van der Waals surface area contributed by atoms with Crippen LogP contribution in [-0.2, 0) is 9.53 Å². The lowest BCUT2D eigenvalue weighted by Gasteiger charge is -2.23. The highest BCUT2D eigenvalue weighted by molar-refractivity contribution is 6.30. The first-order valence-corrected chi connectivity index (χ1v) is 6.68. The molecule has 1 aliphatic heterocycles. The lowest BCUT2D eigenvalue weighted by atomic mass is 9.98. The van der Waals surface area contributed by atoms with Crippen molar-refractivity contribution in [2.75, 3.05) is 13.2 Å². The van der Waals surface area contributed by atoms with Crippen molar-refractivity contribution in [3.63, 3.8) is 0 Å². The highest BCUT2D eigenvalue weighted by Crippen LogP contribution is 2.20. The van der Waals surface area contributed by atoms with Crippen LogP contribution in [-0.4, -0.2) is 19.1 Å². The highest BCUT2D eigenvalue weighted by Gasteiger charge is 2.22. The van der Waals surface area contributed by atoms with Crippen LogP contribution in [0, 0.1) is 5.92 Å². The third-order valence-corrected chi connectivity index (χ3v) is 3.53. The van der Waals surface area contributed by atoms with Crippen molar-refractivity contribution in [3.8, 4) is 0 Å². The van der Waals surface area contributed by atoms with Gasteiger partial charge in [-0.05, 0) is 37.5 Å². The average molecular weight is 268 g/mol. The van der Waals surface area contributed by atoms with Crippen molar-refractivity contribution >= 4 is 17.5 Å². The van der Waals surface area contributed by atoms with E-state index in [2.05, 4.69) is 5.32 Å². The minimum Gasteiger partial charge on any atom is -0.381 e. The minimum absolute atomic E-state index is 0.0148. The Morgan fingerprint density at radius 1 is 1.44 bits per heavy atom. The fourth-order valence-electron chi connectivity index (χ4n) is 2.15. The molecule has 1 atom stereocenters. The Hall–Kier alpha value is -1.06. The molecule has 0 saturated carbocycles. The van der Waals surface area contributed by atoms with Crippen molar-refractivity contribution < 1.29 is 9.53 Å². The monoisotopic (exact) mass is 267 g/mol. The molecule has 1 aromatic carbocycles. The predicted octanol–water partition coefficient (Wildman–Crippen LogP) is 2.94. The molecule has 1 N–H and O–H groups in total. The summed E-state index contributed by atoms with van der Waals surface area (Å²) >= 11 is 5.94. The van der Waals surface area contributed by atoms with Crippen molar-refractivity contribution in [3.05, 3.63) is 34.9 Å². The maximum absolute atomic E-state index is 12.1. The zero-order valence-electron chi connectivity index (χ0n) is 10.5. The van der Waals surface area contributed by atoms with E-state index in [9.17, 15) is 4.79 Å². The summed E-state index contributed by atoms with van der Waals surface area (Å²) in [6.07, 6.45) is 1.63. The van der Waals surface area contributed by atoms with Gasteiger partial charge in [-0.1, -0.05) is 23.7 Å². The number of nitrogens with one attached hydrogen (secondary N) is 1. The fraction of sp³-hybridized carbons (Fsp3) is 0.500. The topological polar surface area (TPSA) is 38.3 Å². The molecule has 0 aliphatic carbocycles. The summed E-state index contributed by atoms with van der Waals surface area (Å²) in [6.45, 7) is 3.34. The molecule has 0 bridgehead atoms. The van der Waals surface area contributed by atoms with Gasteiger partial charge in [-0.25, -0.2) is 0 Å². The van der Waals surface area contributed by atoms with Gasteiger partial charge in [0.1, 0.15) is 0 Å². The van der Waals surface area contributed by atoms with E-state index in [1.165, 1.54) is 0 Å². The first-order valence-electron chi connectivity index (χ1n) is 6.30. The van der Waals surface area contributed by atoms with Crippen LogP contribution in [0.5, 0.6) is 0 Å². The Morgan fingerprint density at radius 2 is 2.17 bits per heavy atom. The molecule has 0 radical (unpaired) electrons. The summed E-state index contributed by atoms with van der Waals surface area (Å²) in [6, 6.07) is 7.57. The van der Waals surface area contributed by atoms with Gasteiger partial charge < -0.3 is 10.1 Å².